The number of carboxylic acids is 1. The van der Waals surface area contributed by atoms with Crippen LogP contribution in [0.2, 0.25) is 0 Å². The van der Waals surface area contributed by atoms with Crippen molar-refractivity contribution in [3.8, 4) is 11.5 Å². The molecule has 0 aliphatic heterocycles. The van der Waals surface area contributed by atoms with Crippen molar-refractivity contribution in [1.29, 1.82) is 0 Å². The highest BCUT2D eigenvalue weighted by molar-refractivity contribution is 9.09. The average Bonchev–Trinajstić information content (AvgIpc) is 2.60. The summed E-state index contributed by atoms with van der Waals surface area (Å²) in [6.07, 6.45) is 1.51. The number of aliphatic imine (C=N–C) groups is 1. The Morgan fingerprint density at radius 1 is 1.21 bits per heavy atom. The van der Waals surface area contributed by atoms with Crippen molar-refractivity contribution in [2.45, 2.75) is 0 Å². The summed E-state index contributed by atoms with van der Waals surface area (Å²) < 4.78 is 10.3. The number of hydrogen-bond donors (Lipinski definition) is 1. The summed E-state index contributed by atoms with van der Waals surface area (Å²) in [5.74, 6) is -0.813. The van der Waals surface area contributed by atoms with E-state index >= 15 is 0 Å². The predicted molar refractivity (Wildman–Crippen MR) is 93.1 cm³/mol. The number of halogens is 1. The highest BCUT2D eigenvalue weighted by Crippen LogP contribution is 2.28. The molecule has 0 heterocycles. The lowest BCUT2D eigenvalue weighted by atomic mass is 10.2. The van der Waals surface area contributed by atoms with E-state index in [2.05, 4.69) is 20.9 Å². The maximum atomic E-state index is 11.3. The molecule has 0 radical (unpaired) electrons. The summed E-state index contributed by atoms with van der Waals surface area (Å²) >= 11 is 3.02. The highest BCUT2D eigenvalue weighted by Gasteiger charge is 2.10. The summed E-state index contributed by atoms with van der Waals surface area (Å²) in [4.78, 5) is 26.7. The Labute approximate surface area is 146 Å². The number of nitrogens with zero attached hydrogens (tertiary/aromatic N) is 1. The average molecular weight is 392 g/mol. The number of carbonyl (C=O) groups is 2. The number of rotatable bonds is 6. The van der Waals surface area contributed by atoms with Gasteiger partial charge in [0.2, 0.25) is 0 Å². The smallest absolute Gasteiger partial charge is 0.337 e. The van der Waals surface area contributed by atoms with E-state index in [0.717, 1.165) is 0 Å². The number of benzene rings is 2. The Kier molecular flexibility index (Phi) is 6.08. The lowest BCUT2D eigenvalue weighted by Crippen LogP contribution is -2.09. The van der Waals surface area contributed by atoms with Crippen LogP contribution in [0.4, 0.5) is 5.69 Å². The summed E-state index contributed by atoms with van der Waals surface area (Å²) in [6.45, 7) is 0. The SMILES string of the molecule is COc1cc(C=Nc2ccccc2C(=O)O)ccc1OC(=O)CBr. The van der Waals surface area contributed by atoms with Crippen LogP contribution < -0.4 is 9.47 Å². The molecule has 2 aromatic rings. The molecule has 0 aliphatic carbocycles. The Balaban J connectivity index is 2.27. The second-order valence-corrected chi connectivity index (χ2v) is 5.16. The zero-order valence-corrected chi connectivity index (χ0v) is 14.3. The number of ether oxygens (including phenoxy) is 2. The van der Waals surface area contributed by atoms with Crippen molar-refractivity contribution in [2.75, 3.05) is 12.4 Å². The third-order valence-electron chi connectivity index (χ3n) is 3.01. The van der Waals surface area contributed by atoms with E-state index in [9.17, 15) is 9.59 Å². The van der Waals surface area contributed by atoms with Gasteiger partial charge in [-0.15, -0.1) is 0 Å². The molecule has 6 nitrogen and oxygen atoms in total. The summed E-state index contributed by atoms with van der Waals surface area (Å²) in [5, 5.41) is 9.22. The maximum Gasteiger partial charge on any atom is 0.337 e. The number of aromatic carboxylic acids is 1. The van der Waals surface area contributed by atoms with Crippen molar-refractivity contribution in [1.82, 2.24) is 0 Å². The summed E-state index contributed by atoms with van der Waals surface area (Å²) in [6, 6.07) is 11.4. The van der Waals surface area contributed by atoms with E-state index in [1.807, 2.05) is 0 Å². The molecule has 1 N–H and O–H groups in total. The summed E-state index contributed by atoms with van der Waals surface area (Å²) in [7, 11) is 1.46. The first-order valence-electron chi connectivity index (χ1n) is 6.86. The van der Waals surface area contributed by atoms with Gasteiger partial charge in [0.25, 0.3) is 0 Å². The van der Waals surface area contributed by atoms with Crippen LogP contribution in [-0.2, 0) is 4.79 Å². The molecule has 0 spiro atoms. The Hall–Kier alpha value is -2.67. The van der Waals surface area contributed by atoms with E-state index in [1.165, 1.54) is 19.4 Å². The van der Waals surface area contributed by atoms with Crippen LogP contribution in [0.3, 0.4) is 0 Å². The molecule has 0 atom stereocenters. The number of hydrogen-bond acceptors (Lipinski definition) is 5. The fourth-order valence-corrected chi connectivity index (χ4v) is 2.02. The second-order valence-electron chi connectivity index (χ2n) is 4.60. The first-order chi connectivity index (χ1) is 11.5. The first kappa shape index (κ1) is 17.7. The van der Waals surface area contributed by atoms with Gasteiger partial charge in [0.15, 0.2) is 11.5 Å². The molecule has 0 bridgehead atoms. The van der Waals surface area contributed by atoms with Gasteiger partial charge in [-0.2, -0.15) is 0 Å². The number of methoxy groups -OCH3 is 1. The molecule has 2 aromatic carbocycles. The highest BCUT2D eigenvalue weighted by atomic mass is 79.9. The molecular formula is C17H14BrNO5. The fourth-order valence-electron chi connectivity index (χ4n) is 1.91. The molecule has 0 saturated carbocycles. The quantitative estimate of drug-likeness (QED) is 0.352. The zero-order chi connectivity index (χ0) is 17.5. The normalized spacial score (nSPS) is 10.6. The van der Waals surface area contributed by atoms with Gasteiger partial charge in [-0.25, -0.2) is 4.79 Å². The van der Waals surface area contributed by atoms with Crippen LogP contribution in [0, 0.1) is 0 Å². The standard InChI is InChI=1S/C17H14BrNO5/c1-23-15-8-11(6-7-14(15)24-16(20)9-18)10-19-13-5-3-2-4-12(13)17(21)22/h2-8,10H,9H2,1H3,(H,21,22). The molecule has 0 saturated heterocycles. The summed E-state index contributed by atoms with van der Waals surface area (Å²) in [5.41, 5.74) is 1.13. The minimum Gasteiger partial charge on any atom is -0.493 e. The van der Waals surface area contributed by atoms with Crippen molar-refractivity contribution in [3.05, 3.63) is 53.6 Å². The van der Waals surface area contributed by atoms with Gasteiger partial charge in [0.05, 0.1) is 18.4 Å². The Morgan fingerprint density at radius 3 is 2.62 bits per heavy atom. The van der Waals surface area contributed by atoms with Gasteiger partial charge >= 0.3 is 11.9 Å². The number of carbonyl (C=O) groups excluding carboxylic acids is 1. The van der Waals surface area contributed by atoms with Crippen LogP contribution in [0.15, 0.2) is 47.5 Å². The molecule has 0 fully saturated rings. The molecule has 124 valence electrons. The molecule has 24 heavy (non-hydrogen) atoms. The van der Waals surface area contributed by atoms with Crippen LogP contribution in [-0.4, -0.2) is 35.7 Å². The van der Waals surface area contributed by atoms with Gasteiger partial charge < -0.3 is 14.6 Å². The van der Waals surface area contributed by atoms with Gasteiger partial charge in [-0.3, -0.25) is 9.79 Å². The molecule has 0 unspecified atom stereocenters. The number of para-hydroxylation sites is 1. The lowest BCUT2D eigenvalue weighted by Gasteiger charge is -2.09. The van der Waals surface area contributed by atoms with Gasteiger partial charge in [0, 0.05) is 6.21 Å². The zero-order valence-electron chi connectivity index (χ0n) is 12.7. The van der Waals surface area contributed by atoms with Crippen molar-refractivity contribution < 1.29 is 24.2 Å². The second kappa shape index (κ2) is 8.26. The van der Waals surface area contributed by atoms with E-state index < -0.39 is 11.9 Å². The van der Waals surface area contributed by atoms with Crippen molar-refractivity contribution in [3.63, 3.8) is 0 Å². The predicted octanol–water partition coefficient (Wildman–Crippen LogP) is 3.44. The monoisotopic (exact) mass is 391 g/mol. The van der Waals surface area contributed by atoms with Crippen molar-refractivity contribution in [2.24, 2.45) is 4.99 Å². The molecule has 0 amide bonds. The van der Waals surface area contributed by atoms with Crippen LogP contribution in [0.1, 0.15) is 15.9 Å². The molecule has 0 aromatic heterocycles. The lowest BCUT2D eigenvalue weighted by molar-refractivity contribution is -0.131. The minimum absolute atomic E-state index is 0.0747. The van der Waals surface area contributed by atoms with Gasteiger partial charge in [0.1, 0.15) is 5.33 Å². The maximum absolute atomic E-state index is 11.3. The third-order valence-corrected chi connectivity index (χ3v) is 3.47. The van der Waals surface area contributed by atoms with Crippen molar-refractivity contribution >= 4 is 39.8 Å². The third kappa shape index (κ3) is 4.42. The largest absolute Gasteiger partial charge is 0.493 e. The Bertz CT molecular complexity index is 788. The first-order valence-corrected chi connectivity index (χ1v) is 7.98. The molecule has 0 aliphatic rings. The minimum atomic E-state index is -1.04. The van der Waals surface area contributed by atoms with Crippen LogP contribution in [0.25, 0.3) is 0 Å². The Morgan fingerprint density at radius 2 is 1.96 bits per heavy atom. The van der Waals surface area contributed by atoms with E-state index in [0.29, 0.717) is 22.7 Å². The van der Waals surface area contributed by atoms with Gasteiger partial charge in [-0.05, 0) is 35.9 Å². The van der Waals surface area contributed by atoms with Gasteiger partial charge in [-0.1, -0.05) is 28.1 Å². The molecular weight excluding hydrogens is 378 g/mol. The van der Waals surface area contributed by atoms with E-state index in [-0.39, 0.29) is 10.9 Å². The number of alkyl halides is 1. The van der Waals surface area contributed by atoms with E-state index in [4.69, 9.17) is 14.6 Å². The molecule has 2 rings (SSSR count). The van der Waals surface area contributed by atoms with E-state index in [1.54, 1.807) is 36.4 Å². The van der Waals surface area contributed by atoms with Crippen LogP contribution >= 0.6 is 15.9 Å². The number of esters is 1. The molecule has 7 heteroatoms. The fraction of sp³-hybridized carbons (Fsp3) is 0.118. The number of carboxylic acid groups (broad SMARTS) is 1. The topological polar surface area (TPSA) is 85.2 Å². The van der Waals surface area contributed by atoms with Crippen LogP contribution in [0.5, 0.6) is 11.5 Å².